The quantitative estimate of drug-likeness (QED) is 0.522. The molecule has 30 heavy (non-hydrogen) atoms. The molecule has 5 nitrogen and oxygen atoms in total. The Kier molecular flexibility index (Phi) is 5.76. The summed E-state index contributed by atoms with van der Waals surface area (Å²) in [7, 11) is -3.55. The van der Waals surface area contributed by atoms with Crippen molar-refractivity contribution in [1.82, 2.24) is 4.98 Å². The van der Waals surface area contributed by atoms with E-state index in [-0.39, 0.29) is 24.1 Å². The average Bonchev–Trinajstić information content (AvgIpc) is 3.06. The summed E-state index contributed by atoms with van der Waals surface area (Å²) >= 11 is 0. The van der Waals surface area contributed by atoms with Gasteiger partial charge < -0.3 is 4.98 Å². The van der Waals surface area contributed by atoms with Crippen LogP contribution in [-0.4, -0.2) is 19.7 Å². The molecular formula is C20H17F4N3O2S. The highest BCUT2D eigenvalue weighted by Crippen LogP contribution is 2.39. The van der Waals surface area contributed by atoms with Crippen molar-refractivity contribution in [2.24, 2.45) is 0 Å². The Hall–Kier alpha value is -3.06. The van der Waals surface area contributed by atoms with Crippen molar-refractivity contribution < 1.29 is 26.0 Å². The minimum Gasteiger partial charge on any atom is -0.359 e. The molecule has 0 fully saturated rings. The third kappa shape index (κ3) is 4.57. The Labute approximate surface area is 170 Å². The molecule has 0 radical (unpaired) electrons. The van der Waals surface area contributed by atoms with E-state index >= 15 is 0 Å². The third-order valence-electron chi connectivity index (χ3n) is 4.67. The number of nitriles is 1. The largest absolute Gasteiger partial charge is 0.416 e. The second kappa shape index (κ2) is 7.99. The number of rotatable bonds is 6. The van der Waals surface area contributed by atoms with Gasteiger partial charge in [-0.1, -0.05) is 18.2 Å². The van der Waals surface area contributed by atoms with E-state index in [0.29, 0.717) is 22.5 Å². The highest BCUT2D eigenvalue weighted by Gasteiger charge is 2.32. The molecule has 0 aliphatic rings. The van der Waals surface area contributed by atoms with Gasteiger partial charge in [0.25, 0.3) is 0 Å². The Morgan fingerprint density at radius 1 is 1.20 bits per heavy atom. The van der Waals surface area contributed by atoms with E-state index in [1.54, 1.807) is 24.4 Å². The first kappa shape index (κ1) is 21.6. The van der Waals surface area contributed by atoms with Gasteiger partial charge in [-0.3, -0.25) is 4.72 Å². The standard InChI is InChI=1S/C20H17F4N3O2S/c1-30(28,29)27-18-6-2-4-15-16(11-26-19(15)18)13(5-3-9-25)14-8-7-12(10-17(14)21)20(22,23)24/h2,4,6-8,10-11,13,26-27H,3,5H2,1H3. The summed E-state index contributed by atoms with van der Waals surface area (Å²) in [6, 6.07) is 9.15. The van der Waals surface area contributed by atoms with Gasteiger partial charge in [0, 0.05) is 23.9 Å². The molecule has 1 unspecified atom stereocenters. The maximum atomic E-state index is 14.7. The number of nitrogens with zero attached hydrogens (tertiary/aromatic N) is 1. The van der Waals surface area contributed by atoms with Crippen molar-refractivity contribution in [3.8, 4) is 6.07 Å². The van der Waals surface area contributed by atoms with Crippen molar-refractivity contribution >= 4 is 26.6 Å². The van der Waals surface area contributed by atoms with Gasteiger partial charge in [0.1, 0.15) is 5.82 Å². The molecule has 3 aromatic rings. The first-order chi connectivity index (χ1) is 14.0. The SMILES string of the molecule is CS(=O)(=O)Nc1cccc2c(C(CCC#N)c3ccc(C(F)(F)F)cc3F)c[nH]c12. The molecule has 1 atom stereocenters. The molecule has 0 spiro atoms. The first-order valence-electron chi connectivity index (χ1n) is 8.82. The van der Waals surface area contributed by atoms with Gasteiger partial charge in [-0.2, -0.15) is 18.4 Å². The van der Waals surface area contributed by atoms with Crippen LogP contribution in [-0.2, 0) is 16.2 Å². The number of sulfonamides is 1. The summed E-state index contributed by atoms with van der Waals surface area (Å²) in [5, 5.41) is 9.56. The maximum Gasteiger partial charge on any atom is 0.416 e. The highest BCUT2D eigenvalue weighted by molar-refractivity contribution is 7.92. The van der Waals surface area contributed by atoms with Crippen molar-refractivity contribution in [2.75, 3.05) is 11.0 Å². The molecule has 1 heterocycles. The number of para-hydroxylation sites is 1. The minimum atomic E-state index is -4.67. The van der Waals surface area contributed by atoms with E-state index < -0.39 is 33.5 Å². The summed E-state index contributed by atoms with van der Waals surface area (Å²) < 4.78 is 78.9. The summed E-state index contributed by atoms with van der Waals surface area (Å²) in [6.07, 6.45) is -1.89. The molecule has 0 bridgehead atoms. The zero-order valence-electron chi connectivity index (χ0n) is 15.7. The summed E-state index contributed by atoms with van der Waals surface area (Å²) in [4.78, 5) is 2.95. The lowest BCUT2D eigenvalue weighted by atomic mass is 9.86. The minimum absolute atomic E-state index is 0.0284. The van der Waals surface area contributed by atoms with Gasteiger partial charge in [0.2, 0.25) is 10.0 Å². The van der Waals surface area contributed by atoms with Crippen LogP contribution in [0.25, 0.3) is 10.9 Å². The molecule has 3 rings (SSSR count). The van der Waals surface area contributed by atoms with E-state index in [0.717, 1.165) is 18.4 Å². The lowest BCUT2D eigenvalue weighted by Crippen LogP contribution is -2.10. The molecule has 10 heteroatoms. The fraction of sp³-hybridized carbons (Fsp3) is 0.250. The van der Waals surface area contributed by atoms with Gasteiger partial charge >= 0.3 is 6.18 Å². The fourth-order valence-corrected chi connectivity index (χ4v) is 3.99. The maximum absolute atomic E-state index is 14.7. The lowest BCUT2D eigenvalue weighted by Gasteiger charge is -2.18. The molecule has 2 aromatic carbocycles. The average molecular weight is 439 g/mol. The van der Waals surface area contributed by atoms with Crippen LogP contribution in [0.2, 0.25) is 0 Å². The van der Waals surface area contributed by atoms with Crippen LogP contribution in [0.1, 0.15) is 35.4 Å². The van der Waals surface area contributed by atoms with Gasteiger partial charge in [0.15, 0.2) is 0 Å². The molecule has 1 aromatic heterocycles. The summed E-state index contributed by atoms with van der Waals surface area (Å²) in [5.74, 6) is -1.72. The number of benzene rings is 2. The van der Waals surface area contributed by atoms with E-state index in [2.05, 4.69) is 9.71 Å². The Morgan fingerprint density at radius 3 is 2.53 bits per heavy atom. The number of alkyl halides is 3. The van der Waals surface area contributed by atoms with Gasteiger partial charge in [-0.15, -0.1) is 0 Å². The Morgan fingerprint density at radius 2 is 1.93 bits per heavy atom. The predicted molar refractivity (Wildman–Crippen MR) is 105 cm³/mol. The van der Waals surface area contributed by atoms with E-state index in [1.807, 2.05) is 6.07 Å². The van der Waals surface area contributed by atoms with Crippen molar-refractivity contribution in [2.45, 2.75) is 24.9 Å². The van der Waals surface area contributed by atoms with Crippen LogP contribution >= 0.6 is 0 Å². The Bertz CT molecular complexity index is 1230. The molecular weight excluding hydrogens is 422 g/mol. The predicted octanol–water partition coefficient (Wildman–Crippen LogP) is 5.13. The molecule has 0 saturated heterocycles. The van der Waals surface area contributed by atoms with E-state index in [9.17, 15) is 26.0 Å². The van der Waals surface area contributed by atoms with Crippen molar-refractivity contribution in [1.29, 1.82) is 5.26 Å². The van der Waals surface area contributed by atoms with Crippen LogP contribution < -0.4 is 4.72 Å². The van der Waals surface area contributed by atoms with E-state index in [1.165, 1.54) is 0 Å². The molecule has 2 N–H and O–H groups in total. The van der Waals surface area contributed by atoms with Crippen LogP contribution in [0.4, 0.5) is 23.2 Å². The summed E-state index contributed by atoms with van der Waals surface area (Å²) in [6.45, 7) is 0. The van der Waals surface area contributed by atoms with Crippen molar-refractivity contribution in [3.05, 3.63) is 65.1 Å². The number of aromatic nitrogens is 1. The molecule has 0 amide bonds. The number of nitrogens with one attached hydrogen (secondary N) is 2. The third-order valence-corrected chi connectivity index (χ3v) is 5.26. The summed E-state index contributed by atoms with van der Waals surface area (Å²) in [5.41, 5.74) is 0.221. The van der Waals surface area contributed by atoms with E-state index in [4.69, 9.17) is 5.26 Å². The number of halogens is 4. The number of hydrogen-bond donors (Lipinski definition) is 2. The number of anilines is 1. The van der Waals surface area contributed by atoms with Gasteiger partial charge in [-0.25, -0.2) is 12.8 Å². The van der Waals surface area contributed by atoms with Crippen LogP contribution in [0.3, 0.4) is 0 Å². The first-order valence-corrected chi connectivity index (χ1v) is 10.7. The van der Waals surface area contributed by atoms with Crippen LogP contribution in [0, 0.1) is 17.1 Å². The number of aromatic amines is 1. The normalized spacial score (nSPS) is 13.2. The Balaban J connectivity index is 2.13. The molecule has 158 valence electrons. The molecule has 0 aliphatic carbocycles. The zero-order valence-corrected chi connectivity index (χ0v) is 16.5. The second-order valence-electron chi connectivity index (χ2n) is 6.83. The molecule has 0 aliphatic heterocycles. The number of H-pyrrole nitrogens is 1. The zero-order chi connectivity index (χ0) is 22.1. The van der Waals surface area contributed by atoms with Gasteiger partial charge in [-0.05, 0) is 35.7 Å². The van der Waals surface area contributed by atoms with Crippen LogP contribution in [0.15, 0.2) is 42.6 Å². The lowest BCUT2D eigenvalue weighted by molar-refractivity contribution is -0.137. The topological polar surface area (TPSA) is 85.8 Å². The monoisotopic (exact) mass is 439 g/mol. The second-order valence-corrected chi connectivity index (χ2v) is 8.58. The smallest absolute Gasteiger partial charge is 0.359 e. The van der Waals surface area contributed by atoms with Gasteiger partial charge in [0.05, 0.1) is 29.1 Å². The van der Waals surface area contributed by atoms with Crippen molar-refractivity contribution in [3.63, 3.8) is 0 Å². The fourth-order valence-electron chi connectivity index (χ4n) is 3.42. The number of hydrogen-bond acceptors (Lipinski definition) is 3. The number of fused-ring (bicyclic) bond motifs is 1. The van der Waals surface area contributed by atoms with Crippen LogP contribution in [0.5, 0.6) is 0 Å². The highest BCUT2D eigenvalue weighted by atomic mass is 32.2. The molecule has 0 saturated carbocycles.